The number of nitrogens with one attached hydrogen (secondary N) is 1. The van der Waals surface area contributed by atoms with Crippen LogP contribution in [0.15, 0.2) is 78.5 Å². The number of ether oxygens (including phenoxy) is 2. The molecule has 1 N–H and O–H groups in total. The van der Waals surface area contributed by atoms with E-state index in [0.29, 0.717) is 33.5 Å². The third-order valence-electron chi connectivity index (χ3n) is 5.52. The second-order valence-electron chi connectivity index (χ2n) is 7.87. The van der Waals surface area contributed by atoms with Crippen LogP contribution in [0.5, 0.6) is 11.5 Å². The van der Waals surface area contributed by atoms with Crippen molar-refractivity contribution in [1.82, 2.24) is 9.78 Å². The van der Waals surface area contributed by atoms with E-state index in [-0.39, 0.29) is 5.57 Å². The highest BCUT2D eigenvalue weighted by atomic mass is 35.5. The van der Waals surface area contributed by atoms with Gasteiger partial charge in [-0.3, -0.25) is 4.79 Å². The number of nitriles is 1. The first-order valence-corrected chi connectivity index (χ1v) is 11.4. The number of benzene rings is 3. The van der Waals surface area contributed by atoms with Gasteiger partial charge in [0.1, 0.15) is 23.1 Å². The van der Waals surface area contributed by atoms with E-state index in [9.17, 15) is 10.1 Å². The summed E-state index contributed by atoms with van der Waals surface area (Å²) < 4.78 is 12.3. The second kappa shape index (κ2) is 10.8. The Kier molecular flexibility index (Phi) is 7.38. The quantitative estimate of drug-likeness (QED) is 0.247. The molecule has 0 aliphatic carbocycles. The lowest BCUT2D eigenvalue weighted by atomic mass is 10.1. The van der Waals surface area contributed by atoms with E-state index in [4.69, 9.17) is 26.2 Å². The number of carbonyl (C=O) groups excluding carboxylic acids is 1. The number of para-hydroxylation sites is 1. The van der Waals surface area contributed by atoms with Crippen molar-refractivity contribution < 1.29 is 14.3 Å². The van der Waals surface area contributed by atoms with Crippen molar-refractivity contribution in [1.29, 1.82) is 5.26 Å². The molecule has 0 saturated heterocycles. The number of hydrogen-bond acceptors (Lipinski definition) is 5. The van der Waals surface area contributed by atoms with Crippen LogP contribution >= 0.6 is 11.6 Å². The molecule has 0 fully saturated rings. The number of nitrogens with zero attached hydrogens (tertiary/aromatic N) is 3. The van der Waals surface area contributed by atoms with Crippen LogP contribution in [0.2, 0.25) is 5.02 Å². The minimum absolute atomic E-state index is 0.0907. The number of aromatic nitrogens is 2. The third kappa shape index (κ3) is 5.24. The monoisotopic (exact) mass is 498 g/mol. The summed E-state index contributed by atoms with van der Waals surface area (Å²) in [5, 5.41) is 17.8. The summed E-state index contributed by atoms with van der Waals surface area (Å²) in [6.45, 7) is 1.82. The van der Waals surface area contributed by atoms with Crippen LogP contribution in [0, 0.1) is 18.3 Å². The average molecular weight is 499 g/mol. The standard InChI is InChI=1S/C28H23ClN4O3/c1-18-13-25(26(36-3)15-24(18)29)31-28(34)20(16-30)14-21-17-33(22-7-5-4-6-8-22)32-27(21)19-9-11-23(35-2)12-10-19/h4-15,17H,1-3H3,(H,31,34)/b20-14-. The Morgan fingerprint density at radius 2 is 1.81 bits per heavy atom. The molecule has 36 heavy (non-hydrogen) atoms. The lowest BCUT2D eigenvalue weighted by Gasteiger charge is -2.12. The Balaban J connectivity index is 1.75. The molecule has 3 aromatic carbocycles. The van der Waals surface area contributed by atoms with E-state index in [1.54, 1.807) is 30.1 Å². The number of rotatable bonds is 7. The molecule has 0 aliphatic rings. The van der Waals surface area contributed by atoms with Crippen molar-refractivity contribution >= 4 is 29.3 Å². The Bertz CT molecular complexity index is 1470. The molecule has 1 amide bonds. The molecule has 0 spiro atoms. The van der Waals surface area contributed by atoms with Gasteiger partial charge in [-0.1, -0.05) is 29.8 Å². The zero-order valence-electron chi connectivity index (χ0n) is 19.9. The first-order chi connectivity index (χ1) is 17.4. The molecule has 4 aromatic rings. The maximum atomic E-state index is 13.1. The molecular weight excluding hydrogens is 476 g/mol. The summed E-state index contributed by atoms with van der Waals surface area (Å²) in [6.07, 6.45) is 3.31. The number of hydrogen-bond donors (Lipinski definition) is 1. The van der Waals surface area contributed by atoms with E-state index < -0.39 is 5.91 Å². The summed E-state index contributed by atoms with van der Waals surface area (Å²) in [5.41, 5.74) is 3.96. The van der Waals surface area contributed by atoms with E-state index in [1.807, 2.05) is 67.6 Å². The smallest absolute Gasteiger partial charge is 0.266 e. The highest BCUT2D eigenvalue weighted by molar-refractivity contribution is 6.31. The predicted octanol–water partition coefficient (Wildman–Crippen LogP) is 6.06. The first-order valence-electron chi connectivity index (χ1n) is 11.0. The molecule has 7 nitrogen and oxygen atoms in total. The number of aryl methyl sites for hydroxylation is 1. The molecular formula is C28H23ClN4O3. The molecule has 0 saturated carbocycles. The van der Waals surface area contributed by atoms with Crippen molar-refractivity contribution in [2.75, 3.05) is 19.5 Å². The molecule has 0 radical (unpaired) electrons. The highest BCUT2D eigenvalue weighted by Gasteiger charge is 2.17. The van der Waals surface area contributed by atoms with Crippen molar-refractivity contribution in [2.24, 2.45) is 0 Å². The Labute approximate surface area is 214 Å². The largest absolute Gasteiger partial charge is 0.497 e. The van der Waals surface area contributed by atoms with E-state index in [1.165, 1.54) is 13.2 Å². The highest BCUT2D eigenvalue weighted by Crippen LogP contribution is 2.32. The number of amides is 1. The summed E-state index contributed by atoms with van der Waals surface area (Å²) in [5.74, 6) is 0.528. The lowest BCUT2D eigenvalue weighted by Crippen LogP contribution is -2.14. The maximum Gasteiger partial charge on any atom is 0.266 e. The van der Waals surface area contributed by atoms with Crippen LogP contribution < -0.4 is 14.8 Å². The molecule has 0 aliphatic heterocycles. The summed E-state index contributed by atoms with van der Waals surface area (Å²) in [4.78, 5) is 13.1. The van der Waals surface area contributed by atoms with E-state index in [2.05, 4.69) is 5.32 Å². The van der Waals surface area contributed by atoms with Crippen LogP contribution in [0.4, 0.5) is 5.69 Å². The van der Waals surface area contributed by atoms with Gasteiger partial charge >= 0.3 is 0 Å². The summed E-state index contributed by atoms with van der Waals surface area (Å²) in [6, 6.07) is 22.3. The van der Waals surface area contributed by atoms with Crippen molar-refractivity contribution in [3.63, 3.8) is 0 Å². The second-order valence-corrected chi connectivity index (χ2v) is 8.27. The minimum Gasteiger partial charge on any atom is -0.497 e. The summed E-state index contributed by atoms with van der Waals surface area (Å²) >= 11 is 6.17. The van der Waals surface area contributed by atoms with Gasteiger partial charge in [-0.05, 0) is 61.0 Å². The van der Waals surface area contributed by atoms with E-state index in [0.717, 1.165) is 16.8 Å². The maximum absolute atomic E-state index is 13.1. The molecule has 0 bridgehead atoms. The number of anilines is 1. The predicted molar refractivity (Wildman–Crippen MR) is 141 cm³/mol. The van der Waals surface area contributed by atoms with Crippen LogP contribution in [-0.2, 0) is 4.79 Å². The Morgan fingerprint density at radius 1 is 1.08 bits per heavy atom. The van der Waals surface area contributed by atoms with Crippen LogP contribution in [0.1, 0.15) is 11.1 Å². The van der Waals surface area contributed by atoms with Gasteiger partial charge in [-0.25, -0.2) is 4.68 Å². The molecule has 180 valence electrons. The molecule has 8 heteroatoms. The number of halogens is 1. The average Bonchev–Trinajstić information content (AvgIpc) is 3.33. The van der Waals surface area contributed by atoms with Gasteiger partial charge < -0.3 is 14.8 Å². The SMILES string of the molecule is COc1ccc(-c2nn(-c3ccccc3)cc2/C=C(/C#N)C(=O)Nc2cc(C)c(Cl)cc2OC)cc1. The lowest BCUT2D eigenvalue weighted by molar-refractivity contribution is -0.112. The summed E-state index contributed by atoms with van der Waals surface area (Å²) in [7, 11) is 3.08. The van der Waals surface area contributed by atoms with Crippen LogP contribution in [0.3, 0.4) is 0 Å². The van der Waals surface area contributed by atoms with Gasteiger partial charge in [0.15, 0.2) is 0 Å². The van der Waals surface area contributed by atoms with Crippen LogP contribution in [0.25, 0.3) is 23.0 Å². The number of methoxy groups -OCH3 is 2. The molecule has 4 rings (SSSR count). The zero-order chi connectivity index (χ0) is 25.7. The van der Waals surface area contributed by atoms with Gasteiger partial charge in [0.05, 0.1) is 31.3 Å². The van der Waals surface area contributed by atoms with Crippen LogP contribution in [-0.4, -0.2) is 29.9 Å². The zero-order valence-corrected chi connectivity index (χ0v) is 20.7. The fourth-order valence-electron chi connectivity index (χ4n) is 3.60. The van der Waals surface area contributed by atoms with Gasteiger partial charge in [-0.15, -0.1) is 0 Å². The normalized spacial score (nSPS) is 11.0. The molecule has 1 heterocycles. The fourth-order valence-corrected chi connectivity index (χ4v) is 3.76. The van der Waals surface area contributed by atoms with E-state index >= 15 is 0 Å². The molecule has 1 aromatic heterocycles. The van der Waals surface area contributed by atoms with Gasteiger partial charge in [0.25, 0.3) is 5.91 Å². The fraction of sp³-hybridized carbons (Fsp3) is 0.107. The topological polar surface area (TPSA) is 89.2 Å². The van der Waals surface area contributed by atoms with Gasteiger partial charge in [-0.2, -0.15) is 10.4 Å². The van der Waals surface area contributed by atoms with Gasteiger partial charge in [0, 0.05) is 28.4 Å². The number of carbonyl (C=O) groups is 1. The van der Waals surface area contributed by atoms with Gasteiger partial charge in [0.2, 0.25) is 0 Å². The van der Waals surface area contributed by atoms with Crippen molar-refractivity contribution in [3.8, 4) is 34.5 Å². The molecule has 0 atom stereocenters. The minimum atomic E-state index is -0.578. The van der Waals surface area contributed by atoms with Crippen molar-refractivity contribution in [2.45, 2.75) is 6.92 Å². The third-order valence-corrected chi connectivity index (χ3v) is 5.93. The van der Waals surface area contributed by atoms with Crippen molar-refractivity contribution in [3.05, 3.63) is 94.6 Å². The Morgan fingerprint density at radius 3 is 2.44 bits per heavy atom. The molecule has 0 unspecified atom stereocenters. The Hall–Kier alpha value is -4.54. The first kappa shape index (κ1) is 24.6.